The van der Waals surface area contributed by atoms with Crippen LogP contribution < -0.4 is 4.72 Å². The molecule has 2 aromatic carbocycles. The summed E-state index contributed by atoms with van der Waals surface area (Å²) >= 11 is 3.32. The van der Waals surface area contributed by atoms with Gasteiger partial charge < -0.3 is 0 Å². The molecule has 0 radical (unpaired) electrons. The van der Waals surface area contributed by atoms with E-state index in [2.05, 4.69) is 20.7 Å². The van der Waals surface area contributed by atoms with Crippen LogP contribution in [0.5, 0.6) is 0 Å². The smallest absolute Gasteiger partial charge is 0.262 e. The number of aryl methyl sites for hydroxylation is 2. The molecule has 0 amide bonds. The summed E-state index contributed by atoms with van der Waals surface area (Å²) in [6.07, 6.45) is 0. The van der Waals surface area contributed by atoms with E-state index >= 15 is 0 Å². The van der Waals surface area contributed by atoms with Gasteiger partial charge in [0, 0.05) is 4.47 Å². The van der Waals surface area contributed by atoms with Crippen molar-refractivity contribution in [1.82, 2.24) is 0 Å². The quantitative estimate of drug-likeness (QED) is 0.875. The number of rotatable bonds is 3. The Labute approximate surface area is 130 Å². The van der Waals surface area contributed by atoms with Gasteiger partial charge in [-0.2, -0.15) is 0 Å². The lowest BCUT2D eigenvalue weighted by Crippen LogP contribution is -2.15. The van der Waals surface area contributed by atoms with Crippen molar-refractivity contribution >= 4 is 31.6 Å². The normalized spacial score (nSPS) is 11.5. The van der Waals surface area contributed by atoms with Crippen LogP contribution in [0.4, 0.5) is 14.5 Å². The summed E-state index contributed by atoms with van der Waals surface area (Å²) in [5, 5.41) is 0. The minimum absolute atomic E-state index is 0.330. The van der Waals surface area contributed by atoms with Crippen molar-refractivity contribution in [3.05, 3.63) is 57.6 Å². The van der Waals surface area contributed by atoms with E-state index in [0.717, 1.165) is 16.6 Å². The number of benzene rings is 2. The fourth-order valence-electron chi connectivity index (χ4n) is 1.91. The monoisotopic (exact) mass is 375 g/mol. The second kappa shape index (κ2) is 5.73. The lowest BCUT2D eigenvalue weighted by molar-refractivity contribution is 0.504. The number of hydrogen-bond acceptors (Lipinski definition) is 2. The summed E-state index contributed by atoms with van der Waals surface area (Å²) in [6.45, 7) is 3.50. The molecule has 0 unspecified atom stereocenters. The number of halogens is 3. The van der Waals surface area contributed by atoms with Crippen LogP contribution in [0, 0.1) is 25.5 Å². The average molecular weight is 376 g/mol. The zero-order valence-corrected chi connectivity index (χ0v) is 13.6. The van der Waals surface area contributed by atoms with Gasteiger partial charge in [-0.3, -0.25) is 4.72 Å². The highest BCUT2D eigenvalue weighted by atomic mass is 79.9. The minimum atomic E-state index is -3.98. The third-order valence-corrected chi connectivity index (χ3v) is 4.74. The molecule has 0 bridgehead atoms. The summed E-state index contributed by atoms with van der Waals surface area (Å²) in [5.74, 6) is -2.30. The minimum Gasteiger partial charge on any atom is -0.279 e. The Morgan fingerprint density at radius 1 is 1.00 bits per heavy atom. The van der Waals surface area contributed by atoms with Crippen LogP contribution in [0.3, 0.4) is 0 Å². The zero-order valence-electron chi connectivity index (χ0n) is 11.2. The molecule has 0 heterocycles. The maximum absolute atomic E-state index is 13.2. The highest BCUT2D eigenvalue weighted by Crippen LogP contribution is 2.27. The maximum Gasteiger partial charge on any atom is 0.262 e. The summed E-state index contributed by atoms with van der Waals surface area (Å²) in [5.41, 5.74) is 1.85. The number of hydrogen-bond donors (Lipinski definition) is 1. The van der Waals surface area contributed by atoms with Gasteiger partial charge in [0.15, 0.2) is 11.6 Å². The average Bonchev–Trinajstić information content (AvgIpc) is 2.37. The van der Waals surface area contributed by atoms with Gasteiger partial charge in [-0.05, 0) is 55.3 Å². The van der Waals surface area contributed by atoms with Gasteiger partial charge in [0.2, 0.25) is 0 Å². The number of sulfonamides is 1. The van der Waals surface area contributed by atoms with Gasteiger partial charge in [-0.1, -0.05) is 15.9 Å². The Balaban J connectivity index is 2.44. The van der Waals surface area contributed by atoms with E-state index in [9.17, 15) is 17.2 Å². The van der Waals surface area contributed by atoms with E-state index in [0.29, 0.717) is 22.9 Å². The fourth-order valence-corrected chi connectivity index (χ4v) is 3.81. The molecule has 112 valence electrons. The van der Waals surface area contributed by atoms with Crippen molar-refractivity contribution in [2.45, 2.75) is 18.7 Å². The van der Waals surface area contributed by atoms with E-state index in [1.807, 2.05) is 0 Å². The van der Waals surface area contributed by atoms with Gasteiger partial charge >= 0.3 is 0 Å². The van der Waals surface area contributed by atoms with Gasteiger partial charge in [0.1, 0.15) is 0 Å². The number of nitrogens with one attached hydrogen (secondary N) is 1. The lowest BCUT2D eigenvalue weighted by Gasteiger charge is -2.14. The van der Waals surface area contributed by atoms with Gasteiger partial charge in [-0.15, -0.1) is 0 Å². The van der Waals surface area contributed by atoms with Crippen molar-refractivity contribution in [2.24, 2.45) is 0 Å². The van der Waals surface area contributed by atoms with E-state index in [1.54, 1.807) is 26.0 Å². The van der Waals surface area contributed by atoms with Gasteiger partial charge in [0.25, 0.3) is 10.0 Å². The Kier molecular flexibility index (Phi) is 4.34. The van der Waals surface area contributed by atoms with Crippen LogP contribution in [0.2, 0.25) is 0 Å². The Bertz CT molecular complexity index is 784. The second-order valence-electron chi connectivity index (χ2n) is 4.60. The Hall–Kier alpha value is -1.47. The largest absolute Gasteiger partial charge is 0.279 e. The van der Waals surface area contributed by atoms with E-state index in [4.69, 9.17) is 0 Å². The Morgan fingerprint density at radius 3 is 2.10 bits per heavy atom. The lowest BCUT2D eigenvalue weighted by atomic mass is 10.1. The maximum atomic E-state index is 13.2. The third-order valence-electron chi connectivity index (χ3n) is 2.94. The summed E-state index contributed by atoms with van der Waals surface area (Å²) in [7, 11) is -3.98. The Morgan fingerprint density at radius 2 is 1.57 bits per heavy atom. The second-order valence-corrected chi connectivity index (χ2v) is 7.19. The topological polar surface area (TPSA) is 46.2 Å². The van der Waals surface area contributed by atoms with E-state index in [1.165, 1.54) is 0 Å². The standard InChI is InChI=1S/C14H12BrF2NO2S/c1-8-5-10(15)6-9(2)14(8)18-21(19,20)11-3-4-12(16)13(17)7-11/h3-7,18H,1-2H3. The van der Waals surface area contributed by atoms with Crippen LogP contribution in [-0.4, -0.2) is 8.42 Å². The van der Waals surface area contributed by atoms with E-state index < -0.39 is 21.7 Å². The fraction of sp³-hybridized carbons (Fsp3) is 0.143. The zero-order chi connectivity index (χ0) is 15.8. The molecular formula is C14H12BrF2NO2S. The number of anilines is 1. The highest BCUT2D eigenvalue weighted by molar-refractivity contribution is 9.10. The predicted octanol–water partition coefficient (Wildman–Crippen LogP) is 4.14. The molecule has 2 aromatic rings. The SMILES string of the molecule is Cc1cc(Br)cc(C)c1NS(=O)(=O)c1ccc(F)c(F)c1. The molecule has 3 nitrogen and oxygen atoms in total. The summed E-state index contributed by atoms with van der Waals surface area (Å²) in [4.78, 5) is -0.330. The molecule has 0 aliphatic heterocycles. The van der Waals surface area contributed by atoms with Gasteiger partial charge in [-0.25, -0.2) is 17.2 Å². The van der Waals surface area contributed by atoms with Crippen molar-refractivity contribution in [1.29, 1.82) is 0 Å². The summed E-state index contributed by atoms with van der Waals surface area (Å²) in [6, 6.07) is 5.98. The molecule has 0 saturated carbocycles. The highest BCUT2D eigenvalue weighted by Gasteiger charge is 2.18. The molecule has 0 spiro atoms. The first kappa shape index (κ1) is 15.9. The third kappa shape index (κ3) is 3.41. The first-order valence-electron chi connectivity index (χ1n) is 5.95. The molecule has 0 saturated heterocycles. The van der Waals surface area contributed by atoms with Crippen LogP contribution >= 0.6 is 15.9 Å². The molecule has 21 heavy (non-hydrogen) atoms. The van der Waals surface area contributed by atoms with Crippen molar-refractivity contribution in [2.75, 3.05) is 4.72 Å². The van der Waals surface area contributed by atoms with Crippen LogP contribution in [-0.2, 0) is 10.0 Å². The van der Waals surface area contributed by atoms with Crippen molar-refractivity contribution < 1.29 is 17.2 Å². The first-order chi connectivity index (χ1) is 9.70. The van der Waals surface area contributed by atoms with Crippen LogP contribution in [0.1, 0.15) is 11.1 Å². The van der Waals surface area contributed by atoms with Crippen LogP contribution in [0.25, 0.3) is 0 Å². The molecule has 7 heteroatoms. The molecule has 0 atom stereocenters. The molecule has 0 fully saturated rings. The van der Waals surface area contributed by atoms with Crippen molar-refractivity contribution in [3.8, 4) is 0 Å². The molecule has 0 aliphatic carbocycles. The van der Waals surface area contributed by atoms with E-state index in [-0.39, 0.29) is 4.90 Å². The molecule has 2 rings (SSSR count). The van der Waals surface area contributed by atoms with Crippen molar-refractivity contribution in [3.63, 3.8) is 0 Å². The molecule has 1 N–H and O–H groups in total. The van der Waals surface area contributed by atoms with Crippen LogP contribution in [0.15, 0.2) is 39.7 Å². The predicted molar refractivity (Wildman–Crippen MR) is 80.8 cm³/mol. The van der Waals surface area contributed by atoms with Gasteiger partial charge in [0.05, 0.1) is 10.6 Å². The first-order valence-corrected chi connectivity index (χ1v) is 8.23. The molecule has 0 aromatic heterocycles. The summed E-state index contributed by atoms with van der Waals surface area (Å²) < 4.78 is 53.8. The molecule has 0 aliphatic rings. The molecular weight excluding hydrogens is 364 g/mol.